The third kappa shape index (κ3) is 3.49. The Morgan fingerprint density at radius 1 is 1.24 bits per heavy atom. The molecule has 6 nitrogen and oxygen atoms in total. The Morgan fingerprint density at radius 2 is 2.00 bits per heavy atom. The van der Waals surface area contributed by atoms with Crippen molar-refractivity contribution in [1.82, 2.24) is 14.5 Å². The van der Waals surface area contributed by atoms with Crippen LogP contribution < -0.4 is 10.6 Å². The first-order valence-corrected chi connectivity index (χ1v) is 8.84. The number of halogens is 4. The lowest BCUT2D eigenvalue weighted by Gasteiger charge is -2.37. The molecule has 1 atom stereocenters. The average molecular weight is 404 g/mol. The van der Waals surface area contributed by atoms with Crippen LogP contribution in [-0.2, 0) is 6.54 Å². The predicted molar refractivity (Wildman–Crippen MR) is 99.0 cm³/mol. The van der Waals surface area contributed by atoms with Gasteiger partial charge in [-0.1, -0.05) is 6.07 Å². The molecule has 29 heavy (non-hydrogen) atoms. The molecule has 0 aliphatic carbocycles. The van der Waals surface area contributed by atoms with Gasteiger partial charge < -0.3 is 15.2 Å². The SMILES string of the molecule is [C-]#[N+]c1ccc(Cn2c(N3CCC(F)(F)[C@H](N)C3)nc3cc(F)c(F)cc32)nc1. The van der Waals surface area contributed by atoms with Gasteiger partial charge in [-0.3, -0.25) is 4.98 Å². The highest BCUT2D eigenvalue weighted by molar-refractivity contribution is 5.79. The monoisotopic (exact) mass is 404 g/mol. The third-order valence-electron chi connectivity index (χ3n) is 4.99. The molecule has 0 amide bonds. The van der Waals surface area contributed by atoms with Crippen molar-refractivity contribution < 1.29 is 17.6 Å². The first-order chi connectivity index (χ1) is 13.8. The van der Waals surface area contributed by atoms with Gasteiger partial charge in [-0.15, -0.1) is 0 Å². The second-order valence-electron chi connectivity index (χ2n) is 6.94. The molecule has 3 aromatic rings. The quantitative estimate of drug-likeness (QED) is 0.536. The van der Waals surface area contributed by atoms with Gasteiger partial charge in [0, 0.05) is 37.8 Å². The molecule has 3 heterocycles. The summed E-state index contributed by atoms with van der Waals surface area (Å²) in [5.41, 5.74) is 7.04. The molecule has 0 spiro atoms. The molecular weight excluding hydrogens is 388 g/mol. The van der Waals surface area contributed by atoms with Gasteiger partial charge in [0.1, 0.15) is 0 Å². The molecule has 1 aliphatic heterocycles. The molecule has 0 radical (unpaired) electrons. The summed E-state index contributed by atoms with van der Waals surface area (Å²) in [6, 6.07) is 3.84. The highest BCUT2D eigenvalue weighted by Gasteiger charge is 2.42. The number of fused-ring (bicyclic) bond motifs is 1. The van der Waals surface area contributed by atoms with Gasteiger partial charge in [0.05, 0.1) is 35.9 Å². The molecule has 2 aromatic heterocycles. The predicted octanol–water partition coefficient (Wildman–Crippen LogP) is 3.48. The maximum absolute atomic E-state index is 13.9. The number of rotatable bonds is 3. The zero-order chi connectivity index (χ0) is 20.8. The normalized spacial score (nSPS) is 18.8. The minimum Gasteiger partial charge on any atom is -0.340 e. The first-order valence-electron chi connectivity index (χ1n) is 8.84. The van der Waals surface area contributed by atoms with E-state index in [0.29, 0.717) is 16.9 Å². The molecule has 150 valence electrons. The lowest BCUT2D eigenvalue weighted by molar-refractivity contribution is -0.0395. The van der Waals surface area contributed by atoms with Crippen molar-refractivity contribution in [3.8, 4) is 0 Å². The van der Waals surface area contributed by atoms with E-state index in [1.807, 2.05) is 0 Å². The van der Waals surface area contributed by atoms with Crippen LogP contribution in [0.4, 0.5) is 29.2 Å². The number of hydrogen-bond donors (Lipinski definition) is 1. The molecule has 10 heteroatoms. The second kappa shape index (κ2) is 7.00. The topological polar surface area (TPSA) is 64.3 Å². The maximum Gasteiger partial charge on any atom is 0.266 e. The standard InChI is InChI=1S/C19H16F4N6/c1-25-11-2-3-12(26-8-11)9-29-16-7-14(21)13(20)6-15(16)27-18(29)28-5-4-19(22,23)17(24)10-28/h2-3,6-8,17H,4-5,9-10,24H2/t17-/m1/s1. The Hall–Kier alpha value is -3.19. The van der Waals surface area contributed by atoms with Crippen LogP contribution in [0.1, 0.15) is 12.1 Å². The van der Waals surface area contributed by atoms with Crippen LogP contribution in [0.15, 0.2) is 30.5 Å². The molecule has 4 rings (SSSR count). The van der Waals surface area contributed by atoms with Gasteiger partial charge in [0.25, 0.3) is 5.92 Å². The number of nitrogens with zero attached hydrogens (tertiary/aromatic N) is 5. The summed E-state index contributed by atoms with van der Waals surface area (Å²) in [6.45, 7) is 6.98. The Kier molecular flexibility index (Phi) is 4.62. The van der Waals surface area contributed by atoms with Gasteiger partial charge in [-0.2, -0.15) is 0 Å². The zero-order valence-corrected chi connectivity index (χ0v) is 15.1. The van der Waals surface area contributed by atoms with Crippen molar-refractivity contribution in [3.05, 3.63) is 59.2 Å². The third-order valence-corrected chi connectivity index (χ3v) is 4.99. The van der Waals surface area contributed by atoms with E-state index >= 15 is 0 Å². The van der Waals surface area contributed by atoms with Crippen LogP contribution >= 0.6 is 0 Å². The number of pyridine rings is 1. The van der Waals surface area contributed by atoms with Crippen LogP contribution in [0.3, 0.4) is 0 Å². The van der Waals surface area contributed by atoms with Gasteiger partial charge in [0.15, 0.2) is 11.6 Å². The highest BCUT2D eigenvalue weighted by atomic mass is 19.3. The Bertz CT molecular complexity index is 1100. The lowest BCUT2D eigenvalue weighted by Crippen LogP contribution is -2.55. The second-order valence-corrected chi connectivity index (χ2v) is 6.94. The van der Waals surface area contributed by atoms with E-state index in [4.69, 9.17) is 12.3 Å². The molecule has 0 saturated carbocycles. The largest absolute Gasteiger partial charge is 0.340 e. The number of imidazole rings is 1. The number of anilines is 1. The van der Waals surface area contributed by atoms with E-state index in [9.17, 15) is 17.6 Å². The van der Waals surface area contributed by atoms with Crippen LogP contribution in [0.25, 0.3) is 15.9 Å². The van der Waals surface area contributed by atoms with E-state index < -0.39 is 30.0 Å². The lowest BCUT2D eigenvalue weighted by atomic mass is 10.0. The van der Waals surface area contributed by atoms with Crippen LogP contribution in [0.5, 0.6) is 0 Å². The average Bonchev–Trinajstić information content (AvgIpc) is 3.02. The fourth-order valence-electron chi connectivity index (χ4n) is 3.36. The van der Waals surface area contributed by atoms with Crippen molar-refractivity contribution in [1.29, 1.82) is 0 Å². The summed E-state index contributed by atoms with van der Waals surface area (Å²) < 4.78 is 56.8. The number of aromatic nitrogens is 3. The number of alkyl halides is 2. The van der Waals surface area contributed by atoms with Gasteiger partial charge >= 0.3 is 0 Å². The zero-order valence-electron chi connectivity index (χ0n) is 15.1. The number of hydrogen-bond acceptors (Lipinski definition) is 4. The van der Waals surface area contributed by atoms with Crippen molar-refractivity contribution in [3.63, 3.8) is 0 Å². The van der Waals surface area contributed by atoms with Crippen molar-refractivity contribution >= 4 is 22.7 Å². The smallest absolute Gasteiger partial charge is 0.266 e. The van der Waals surface area contributed by atoms with Gasteiger partial charge in [0.2, 0.25) is 11.6 Å². The van der Waals surface area contributed by atoms with E-state index in [2.05, 4.69) is 14.8 Å². The molecule has 0 unspecified atom stereocenters. The van der Waals surface area contributed by atoms with Crippen LogP contribution in [0.2, 0.25) is 0 Å². The van der Waals surface area contributed by atoms with Gasteiger partial charge in [-0.25, -0.2) is 27.4 Å². The molecule has 2 N–H and O–H groups in total. The molecule has 0 bridgehead atoms. The van der Waals surface area contributed by atoms with Gasteiger partial charge in [-0.05, 0) is 6.07 Å². The van der Waals surface area contributed by atoms with Crippen molar-refractivity contribution in [2.75, 3.05) is 18.0 Å². The number of nitrogens with two attached hydrogens (primary N) is 1. The fraction of sp³-hybridized carbons (Fsp3) is 0.316. The van der Waals surface area contributed by atoms with Crippen molar-refractivity contribution in [2.45, 2.75) is 24.9 Å². The summed E-state index contributed by atoms with van der Waals surface area (Å²) in [6.07, 6.45) is 0.955. The minimum atomic E-state index is -2.98. The Morgan fingerprint density at radius 3 is 2.66 bits per heavy atom. The van der Waals surface area contributed by atoms with Crippen LogP contribution in [0, 0.1) is 18.2 Å². The summed E-state index contributed by atoms with van der Waals surface area (Å²) in [5, 5.41) is 0. The van der Waals surface area contributed by atoms with E-state index in [1.54, 1.807) is 21.6 Å². The first kappa shape index (κ1) is 19.1. The van der Waals surface area contributed by atoms with E-state index in [1.165, 1.54) is 6.20 Å². The fourth-order valence-corrected chi connectivity index (χ4v) is 3.36. The van der Waals surface area contributed by atoms with E-state index in [-0.39, 0.29) is 31.1 Å². The highest BCUT2D eigenvalue weighted by Crippen LogP contribution is 2.32. The maximum atomic E-state index is 13.9. The summed E-state index contributed by atoms with van der Waals surface area (Å²) >= 11 is 0. The Labute approximate surface area is 163 Å². The minimum absolute atomic E-state index is 0.000917. The molecule has 1 saturated heterocycles. The number of benzene rings is 1. The van der Waals surface area contributed by atoms with Crippen LogP contribution in [-0.4, -0.2) is 39.6 Å². The molecular formula is C19H16F4N6. The molecule has 1 aromatic carbocycles. The Balaban J connectivity index is 1.78. The number of piperidine rings is 1. The molecule has 1 fully saturated rings. The van der Waals surface area contributed by atoms with Crippen molar-refractivity contribution in [2.24, 2.45) is 5.73 Å². The summed E-state index contributed by atoms with van der Waals surface area (Å²) in [7, 11) is 0. The molecule has 1 aliphatic rings. The van der Waals surface area contributed by atoms with E-state index in [0.717, 1.165) is 12.1 Å². The summed E-state index contributed by atoms with van der Waals surface area (Å²) in [5.74, 6) is -4.78. The summed E-state index contributed by atoms with van der Waals surface area (Å²) in [4.78, 5) is 13.4.